The number of sulfonamides is 1. The van der Waals surface area contributed by atoms with E-state index in [4.69, 9.17) is 19.9 Å². The minimum Gasteiger partial charge on any atom is -0.494 e. The predicted octanol–water partition coefficient (Wildman–Crippen LogP) is 4.25. The Morgan fingerprint density at radius 1 is 0.892 bits per heavy atom. The van der Waals surface area contributed by atoms with Crippen LogP contribution in [0.4, 0.5) is 0 Å². The Kier molecular flexibility index (Phi) is 11.2. The van der Waals surface area contributed by atoms with Crippen LogP contribution in [0.1, 0.15) is 62.9 Å². The van der Waals surface area contributed by atoms with E-state index in [1.807, 2.05) is 32.6 Å². The zero-order chi connectivity index (χ0) is 27.6. The molecular formula is C27H39N3O6S. The van der Waals surface area contributed by atoms with Crippen LogP contribution in [0.5, 0.6) is 17.2 Å². The molecule has 0 radical (unpaired) electrons. The Morgan fingerprint density at radius 2 is 1.46 bits per heavy atom. The third kappa shape index (κ3) is 9.60. The van der Waals surface area contributed by atoms with Crippen LogP contribution in [0.15, 0.2) is 46.9 Å². The molecule has 0 heterocycles. The highest BCUT2D eigenvalue weighted by Crippen LogP contribution is 2.29. The van der Waals surface area contributed by atoms with Crippen molar-refractivity contribution in [2.45, 2.75) is 59.0 Å². The van der Waals surface area contributed by atoms with Gasteiger partial charge < -0.3 is 24.8 Å². The van der Waals surface area contributed by atoms with E-state index in [-0.39, 0.29) is 23.8 Å². The molecule has 204 valence electrons. The highest BCUT2D eigenvalue weighted by atomic mass is 32.2. The summed E-state index contributed by atoms with van der Waals surface area (Å²) in [7, 11) is -1.98. The van der Waals surface area contributed by atoms with Gasteiger partial charge in [-0.3, -0.25) is 4.79 Å². The van der Waals surface area contributed by atoms with Gasteiger partial charge in [-0.1, -0.05) is 0 Å². The maximum atomic E-state index is 13.0. The standard InChI is InChI=1S/C27H39N3O6S/c1-19(2)30(20(3)4)27(31)22-12-15-24(25(18-22)34-5)36-17-9-7-8-16-35-23-13-10-21(11-14-23)26(28)29-37(6,32)33/h10-15,18-20H,7-9,16-17H2,1-6H3,(H2,28,29). The molecule has 0 aromatic heterocycles. The van der Waals surface area contributed by atoms with Crippen LogP contribution in [0, 0.1) is 0 Å². The number of nitrogens with two attached hydrogens (primary N) is 1. The summed E-state index contributed by atoms with van der Waals surface area (Å²) >= 11 is 0. The van der Waals surface area contributed by atoms with Crippen molar-refractivity contribution in [2.75, 3.05) is 26.6 Å². The molecule has 37 heavy (non-hydrogen) atoms. The fourth-order valence-corrected chi connectivity index (χ4v) is 4.30. The molecule has 0 aliphatic heterocycles. The summed E-state index contributed by atoms with van der Waals surface area (Å²) in [5.74, 6) is 1.72. The molecule has 0 saturated heterocycles. The lowest BCUT2D eigenvalue weighted by Crippen LogP contribution is -2.42. The molecular weight excluding hydrogens is 494 g/mol. The van der Waals surface area contributed by atoms with Crippen molar-refractivity contribution in [1.29, 1.82) is 0 Å². The van der Waals surface area contributed by atoms with Crippen LogP contribution < -0.4 is 19.9 Å². The van der Waals surface area contributed by atoms with Crippen LogP contribution in [-0.4, -0.2) is 63.7 Å². The van der Waals surface area contributed by atoms with Gasteiger partial charge in [0.15, 0.2) is 11.5 Å². The van der Waals surface area contributed by atoms with Crippen molar-refractivity contribution in [3.8, 4) is 17.2 Å². The zero-order valence-electron chi connectivity index (χ0n) is 22.6. The molecule has 0 bridgehead atoms. The Morgan fingerprint density at radius 3 is 2.00 bits per heavy atom. The van der Waals surface area contributed by atoms with E-state index in [1.165, 1.54) is 0 Å². The molecule has 0 aliphatic carbocycles. The van der Waals surface area contributed by atoms with Gasteiger partial charge in [0.2, 0.25) is 0 Å². The summed E-state index contributed by atoms with van der Waals surface area (Å²) in [6.07, 6.45) is 3.57. The molecule has 0 spiro atoms. The van der Waals surface area contributed by atoms with Crippen molar-refractivity contribution >= 4 is 21.8 Å². The van der Waals surface area contributed by atoms with E-state index in [0.717, 1.165) is 25.5 Å². The summed E-state index contributed by atoms with van der Waals surface area (Å²) in [5, 5.41) is 0. The first-order chi connectivity index (χ1) is 17.4. The second kappa shape index (κ2) is 13.9. The Bertz CT molecular complexity index is 1150. The number of amides is 1. The average Bonchev–Trinajstić information content (AvgIpc) is 2.82. The second-order valence-electron chi connectivity index (χ2n) is 9.26. The SMILES string of the molecule is COc1cc(C(=O)N(C(C)C)C(C)C)ccc1OCCCCCOc1ccc(C(N)=NS(C)(=O)=O)cc1. The maximum absolute atomic E-state index is 13.0. The number of amidine groups is 1. The van der Waals surface area contributed by atoms with E-state index in [1.54, 1.807) is 49.6 Å². The highest BCUT2D eigenvalue weighted by Gasteiger charge is 2.22. The molecule has 10 heteroatoms. The average molecular weight is 534 g/mol. The van der Waals surface area contributed by atoms with E-state index >= 15 is 0 Å². The number of unbranched alkanes of at least 4 members (excludes halogenated alkanes) is 2. The first-order valence-electron chi connectivity index (χ1n) is 12.3. The van der Waals surface area contributed by atoms with Crippen LogP contribution in [0.2, 0.25) is 0 Å². The number of hydrogen-bond donors (Lipinski definition) is 1. The zero-order valence-corrected chi connectivity index (χ0v) is 23.4. The third-order valence-corrected chi connectivity index (χ3v) is 6.02. The summed E-state index contributed by atoms with van der Waals surface area (Å²) in [6, 6.07) is 12.3. The first kappa shape index (κ1) is 30.0. The molecule has 0 atom stereocenters. The van der Waals surface area contributed by atoms with Crippen LogP contribution in [-0.2, 0) is 10.0 Å². The number of carbonyl (C=O) groups is 1. The van der Waals surface area contributed by atoms with Gasteiger partial charge in [0.25, 0.3) is 15.9 Å². The molecule has 2 aromatic rings. The molecule has 0 aliphatic rings. The number of hydrogen-bond acceptors (Lipinski definition) is 6. The van der Waals surface area contributed by atoms with Gasteiger partial charge in [0.1, 0.15) is 11.6 Å². The fourth-order valence-electron chi connectivity index (χ4n) is 3.84. The monoisotopic (exact) mass is 533 g/mol. The van der Waals surface area contributed by atoms with Gasteiger partial charge >= 0.3 is 0 Å². The van der Waals surface area contributed by atoms with Gasteiger partial charge in [-0.2, -0.15) is 0 Å². The number of carbonyl (C=O) groups excluding carboxylic acids is 1. The lowest BCUT2D eigenvalue weighted by atomic mass is 10.1. The molecule has 1 amide bonds. The maximum Gasteiger partial charge on any atom is 0.254 e. The van der Waals surface area contributed by atoms with Gasteiger partial charge in [-0.05, 0) is 89.4 Å². The topological polar surface area (TPSA) is 121 Å². The van der Waals surface area contributed by atoms with Crippen molar-refractivity contribution in [1.82, 2.24) is 4.90 Å². The van der Waals surface area contributed by atoms with Gasteiger partial charge in [-0.15, -0.1) is 4.40 Å². The predicted molar refractivity (Wildman–Crippen MR) is 146 cm³/mol. The minimum absolute atomic E-state index is 0.0324. The first-order valence-corrected chi connectivity index (χ1v) is 14.2. The van der Waals surface area contributed by atoms with Crippen molar-refractivity contribution in [3.63, 3.8) is 0 Å². The summed E-state index contributed by atoms with van der Waals surface area (Å²) in [4.78, 5) is 14.8. The summed E-state index contributed by atoms with van der Waals surface area (Å²) in [5.41, 5.74) is 6.79. The number of ether oxygens (including phenoxy) is 3. The van der Waals surface area contributed by atoms with Crippen LogP contribution in [0.25, 0.3) is 0 Å². The van der Waals surface area contributed by atoms with Gasteiger partial charge in [-0.25, -0.2) is 8.42 Å². The molecule has 0 unspecified atom stereocenters. The number of nitrogens with zero attached hydrogens (tertiary/aromatic N) is 2. The Hall–Kier alpha value is -3.27. The molecule has 0 saturated carbocycles. The highest BCUT2D eigenvalue weighted by molar-refractivity contribution is 7.89. The third-order valence-electron chi connectivity index (χ3n) is 5.49. The van der Waals surface area contributed by atoms with E-state index in [9.17, 15) is 13.2 Å². The molecule has 2 aromatic carbocycles. The largest absolute Gasteiger partial charge is 0.494 e. The Labute approximate surface area is 220 Å². The number of benzene rings is 2. The van der Waals surface area contributed by atoms with Crippen molar-refractivity contribution in [3.05, 3.63) is 53.6 Å². The van der Waals surface area contributed by atoms with Crippen molar-refractivity contribution < 1.29 is 27.4 Å². The van der Waals surface area contributed by atoms with E-state index in [0.29, 0.717) is 41.6 Å². The number of methoxy groups -OCH3 is 1. The molecule has 9 nitrogen and oxygen atoms in total. The molecule has 2 rings (SSSR count). The van der Waals surface area contributed by atoms with Crippen molar-refractivity contribution in [2.24, 2.45) is 10.1 Å². The van der Waals surface area contributed by atoms with Crippen LogP contribution in [0.3, 0.4) is 0 Å². The fraction of sp³-hybridized carbons (Fsp3) is 0.481. The Balaban J connectivity index is 1.78. The van der Waals surface area contributed by atoms with Crippen LogP contribution >= 0.6 is 0 Å². The quantitative estimate of drug-likeness (QED) is 0.219. The van der Waals surface area contributed by atoms with Gasteiger partial charge in [0, 0.05) is 23.2 Å². The minimum atomic E-state index is -3.54. The van der Waals surface area contributed by atoms with E-state index in [2.05, 4.69) is 4.40 Å². The summed E-state index contributed by atoms with van der Waals surface area (Å²) in [6.45, 7) is 9.07. The smallest absolute Gasteiger partial charge is 0.254 e. The van der Waals surface area contributed by atoms with E-state index < -0.39 is 10.0 Å². The summed E-state index contributed by atoms with van der Waals surface area (Å²) < 4.78 is 43.0. The lowest BCUT2D eigenvalue weighted by molar-refractivity contribution is 0.0643. The van der Waals surface area contributed by atoms with Gasteiger partial charge in [0.05, 0.1) is 26.6 Å². The molecule has 2 N–H and O–H groups in total. The molecule has 0 fully saturated rings. The normalized spacial score (nSPS) is 12.1. The number of rotatable bonds is 14. The lowest BCUT2D eigenvalue weighted by Gasteiger charge is -2.31. The second-order valence-corrected chi connectivity index (χ2v) is 10.9.